The molecule has 5 nitrogen and oxygen atoms in total. The van der Waals surface area contributed by atoms with Crippen LogP contribution in [0.15, 0.2) is 54.6 Å². The number of benzene rings is 2. The Bertz CT molecular complexity index is 722. The van der Waals surface area contributed by atoms with Crippen LogP contribution in [-0.2, 0) is 4.79 Å². The molecule has 2 aromatic rings. The summed E-state index contributed by atoms with van der Waals surface area (Å²) in [6, 6.07) is 15.1. The van der Waals surface area contributed by atoms with Gasteiger partial charge in [-0.2, -0.15) is 0 Å². The van der Waals surface area contributed by atoms with Crippen LogP contribution >= 0.6 is 0 Å². The molecule has 0 saturated carbocycles. The van der Waals surface area contributed by atoms with Crippen molar-refractivity contribution in [1.82, 2.24) is 10.2 Å². The standard InChI is InChI=1S/C20H23FN2O3/c1-23(14-15-26-18-11-6-5-10-17(18)21)19(24)12-7-13-22-20(25)16-8-3-2-4-9-16/h2-6,8-11H,7,12-15H2,1H3,(H,22,25). The Morgan fingerprint density at radius 2 is 1.77 bits per heavy atom. The van der Waals surface area contributed by atoms with Crippen LogP contribution in [0, 0.1) is 5.82 Å². The quantitative estimate of drug-likeness (QED) is 0.701. The fourth-order valence-corrected chi connectivity index (χ4v) is 2.30. The van der Waals surface area contributed by atoms with E-state index in [1.165, 1.54) is 6.07 Å². The molecule has 0 aliphatic carbocycles. The summed E-state index contributed by atoms with van der Waals surface area (Å²) in [5.41, 5.74) is 0.598. The van der Waals surface area contributed by atoms with Gasteiger partial charge in [0.1, 0.15) is 6.61 Å². The van der Waals surface area contributed by atoms with E-state index in [4.69, 9.17) is 4.74 Å². The molecule has 6 heteroatoms. The zero-order valence-corrected chi connectivity index (χ0v) is 14.8. The second-order valence-corrected chi connectivity index (χ2v) is 5.82. The number of hydrogen-bond acceptors (Lipinski definition) is 3. The predicted octanol–water partition coefficient (Wildman–Crippen LogP) is 2.87. The fourth-order valence-electron chi connectivity index (χ4n) is 2.30. The first-order valence-corrected chi connectivity index (χ1v) is 8.52. The lowest BCUT2D eigenvalue weighted by Crippen LogP contribution is -2.32. The van der Waals surface area contributed by atoms with Crippen molar-refractivity contribution in [3.63, 3.8) is 0 Å². The molecule has 0 spiro atoms. The molecule has 0 bridgehead atoms. The maximum Gasteiger partial charge on any atom is 0.251 e. The van der Waals surface area contributed by atoms with Crippen molar-refractivity contribution >= 4 is 11.8 Å². The molecule has 0 aliphatic rings. The van der Waals surface area contributed by atoms with E-state index < -0.39 is 5.82 Å². The van der Waals surface area contributed by atoms with Gasteiger partial charge >= 0.3 is 0 Å². The van der Waals surface area contributed by atoms with Gasteiger partial charge in [0.2, 0.25) is 5.91 Å². The van der Waals surface area contributed by atoms with Gasteiger partial charge in [-0.05, 0) is 30.7 Å². The summed E-state index contributed by atoms with van der Waals surface area (Å²) in [5.74, 6) is -0.437. The molecule has 0 fully saturated rings. The average molecular weight is 358 g/mol. The molecule has 2 amide bonds. The number of nitrogens with one attached hydrogen (secondary N) is 1. The normalized spacial score (nSPS) is 10.2. The first kappa shape index (κ1) is 19.4. The van der Waals surface area contributed by atoms with Crippen molar-refractivity contribution in [1.29, 1.82) is 0 Å². The van der Waals surface area contributed by atoms with E-state index in [-0.39, 0.29) is 24.2 Å². The van der Waals surface area contributed by atoms with Gasteiger partial charge < -0.3 is 15.0 Å². The summed E-state index contributed by atoms with van der Waals surface area (Å²) >= 11 is 0. The number of nitrogens with zero attached hydrogens (tertiary/aromatic N) is 1. The highest BCUT2D eigenvalue weighted by Crippen LogP contribution is 2.15. The minimum atomic E-state index is -0.421. The van der Waals surface area contributed by atoms with Gasteiger partial charge in [-0.1, -0.05) is 30.3 Å². The Hall–Kier alpha value is -2.89. The van der Waals surface area contributed by atoms with E-state index in [2.05, 4.69) is 5.32 Å². The van der Waals surface area contributed by atoms with E-state index >= 15 is 0 Å². The minimum absolute atomic E-state index is 0.0453. The maximum absolute atomic E-state index is 13.4. The fraction of sp³-hybridized carbons (Fsp3) is 0.300. The number of carbonyl (C=O) groups is 2. The van der Waals surface area contributed by atoms with Gasteiger partial charge in [-0.15, -0.1) is 0 Å². The molecule has 0 aromatic heterocycles. The van der Waals surface area contributed by atoms with Crippen LogP contribution in [0.3, 0.4) is 0 Å². The summed E-state index contributed by atoms with van der Waals surface area (Å²) < 4.78 is 18.8. The summed E-state index contributed by atoms with van der Waals surface area (Å²) in [4.78, 5) is 25.5. The Morgan fingerprint density at radius 3 is 2.50 bits per heavy atom. The third-order valence-electron chi connectivity index (χ3n) is 3.84. The van der Waals surface area contributed by atoms with Crippen LogP contribution in [0.4, 0.5) is 4.39 Å². The van der Waals surface area contributed by atoms with Crippen LogP contribution in [0.1, 0.15) is 23.2 Å². The SMILES string of the molecule is CN(CCOc1ccccc1F)C(=O)CCCNC(=O)c1ccccc1. The molecule has 0 heterocycles. The molecule has 0 radical (unpaired) electrons. The third kappa shape index (κ3) is 6.20. The monoisotopic (exact) mass is 358 g/mol. The number of carbonyl (C=O) groups excluding carboxylic acids is 2. The molecular formula is C20H23FN2O3. The van der Waals surface area contributed by atoms with E-state index in [0.717, 1.165) is 0 Å². The Labute approximate surface area is 152 Å². The summed E-state index contributed by atoms with van der Waals surface area (Å²) in [5, 5.41) is 2.79. The van der Waals surface area contributed by atoms with Crippen molar-refractivity contribution in [2.24, 2.45) is 0 Å². The Morgan fingerprint density at radius 1 is 1.08 bits per heavy atom. The van der Waals surface area contributed by atoms with Crippen molar-refractivity contribution in [3.8, 4) is 5.75 Å². The van der Waals surface area contributed by atoms with Crippen molar-refractivity contribution in [2.45, 2.75) is 12.8 Å². The molecule has 0 atom stereocenters. The molecule has 0 unspecified atom stereocenters. The number of ether oxygens (including phenoxy) is 1. The highest BCUT2D eigenvalue weighted by atomic mass is 19.1. The molecule has 2 rings (SSSR count). The van der Waals surface area contributed by atoms with Crippen molar-refractivity contribution in [2.75, 3.05) is 26.7 Å². The van der Waals surface area contributed by atoms with E-state index in [0.29, 0.717) is 31.5 Å². The predicted molar refractivity (Wildman–Crippen MR) is 97.5 cm³/mol. The molecule has 1 N–H and O–H groups in total. The molecule has 0 aliphatic heterocycles. The first-order valence-electron chi connectivity index (χ1n) is 8.52. The summed E-state index contributed by atoms with van der Waals surface area (Å²) in [6.07, 6.45) is 0.876. The van der Waals surface area contributed by atoms with E-state index in [1.54, 1.807) is 54.4 Å². The van der Waals surface area contributed by atoms with Gasteiger partial charge in [-0.25, -0.2) is 4.39 Å². The molecule has 26 heavy (non-hydrogen) atoms. The second kappa shape index (κ2) is 10.2. The highest BCUT2D eigenvalue weighted by Gasteiger charge is 2.10. The van der Waals surface area contributed by atoms with Gasteiger partial charge in [0.15, 0.2) is 11.6 Å². The van der Waals surface area contributed by atoms with Crippen molar-refractivity contribution in [3.05, 3.63) is 66.0 Å². The topological polar surface area (TPSA) is 58.6 Å². The van der Waals surface area contributed by atoms with Gasteiger partial charge in [-0.3, -0.25) is 9.59 Å². The number of hydrogen-bond donors (Lipinski definition) is 1. The van der Waals surface area contributed by atoms with E-state index in [9.17, 15) is 14.0 Å². The molecular weight excluding hydrogens is 335 g/mol. The van der Waals surface area contributed by atoms with Gasteiger partial charge in [0, 0.05) is 25.6 Å². The summed E-state index contributed by atoms with van der Waals surface area (Å²) in [7, 11) is 1.68. The van der Waals surface area contributed by atoms with E-state index in [1.807, 2.05) is 6.07 Å². The van der Waals surface area contributed by atoms with Crippen LogP contribution < -0.4 is 10.1 Å². The average Bonchev–Trinajstić information content (AvgIpc) is 2.67. The van der Waals surface area contributed by atoms with Crippen LogP contribution in [0.25, 0.3) is 0 Å². The third-order valence-corrected chi connectivity index (χ3v) is 3.84. The lowest BCUT2D eigenvalue weighted by atomic mass is 10.2. The maximum atomic E-state index is 13.4. The summed E-state index contributed by atoms with van der Waals surface area (Å²) in [6.45, 7) is 1.01. The van der Waals surface area contributed by atoms with Crippen LogP contribution in [0.2, 0.25) is 0 Å². The zero-order chi connectivity index (χ0) is 18.8. The minimum Gasteiger partial charge on any atom is -0.489 e. The van der Waals surface area contributed by atoms with Crippen LogP contribution in [0.5, 0.6) is 5.75 Å². The smallest absolute Gasteiger partial charge is 0.251 e. The number of amides is 2. The Kier molecular flexibility index (Phi) is 7.61. The van der Waals surface area contributed by atoms with Gasteiger partial charge in [0.25, 0.3) is 5.91 Å². The second-order valence-electron chi connectivity index (χ2n) is 5.82. The largest absolute Gasteiger partial charge is 0.489 e. The lowest BCUT2D eigenvalue weighted by molar-refractivity contribution is -0.130. The molecule has 138 valence electrons. The first-order chi connectivity index (χ1) is 12.6. The molecule has 2 aromatic carbocycles. The zero-order valence-electron chi connectivity index (χ0n) is 14.8. The number of para-hydroxylation sites is 1. The number of halogens is 1. The Balaban J connectivity index is 1.61. The highest BCUT2D eigenvalue weighted by molar-refractivity contribution is 5.94. The lowest BCUT2D eigenvalue weighted by Gasteiger charge is -2.17. The van der Waals surface area contributed by atoms with Gasteiger partial charge in [0.05, 0.1) is 6.54 Å². The molecule has 0 saturated heterocycles. The van der Waals surface area contributed by atoms with Crippen molar-refractivity contribution < 1.29 is 18.7 Å². The van der Waals surface area contributed by atoms with Crippen LogP contribution in [-0.4, -0.2) is 43.5 Å². The number of rotatable bonds is 9. The number of likely N-dealkylation sites (N-methyl/N-ethyl adjacent to an activating group) is 1.